The standard InChI is InChI=1S/C18H30O.Mg.2H/c1-2-3-4-5-6-7-8-9-10-11-12-17-13-15-18(19)16-14-17;;;/h13-16,19H,2-12H2,1H3;;;. The number of aromatic hydroxyl groups is 1. The molecule has 1 rings (SSSR count). The average molecular weight is 289 g/mol. The number of unbranched alkanes of at least 4 members (excludes halogenated alkanes) is 9. The molecule has 0 aliphatic heterocycles. The van der Waals surface area contributed by atoms with Gasteiger partial charge in [0, 0.05) is 0 Å². The highest BCUT2D eigenvalue weighted by Gasteiger charge is 1.95. The van der Waals surface area contributed by atoms with E-state index >= 15 is 0 Å². The third kappa shape index (κ3) is 10.6. The van der Waals surface area contributed by atoms with Gasteiger partial charge >= 0.3 is 23.1 Å². The van der Waals surface area contributed by atoms with Crippen LogP contribution in [0.15, 0.2) is 24.3 Å². The summed E-state index contributed by atoms with van der Waals surface area (Å²) in [6.07, 6.45) is 15.0. The van der Waals surface area contributed by atoms with Gasteiger partial charge in [-0.15, -0.1) is 0 Å². The van der Waals surface area contributed by atoms with Gasteiger partial charge in [0.15, 0.2) is 0 Å². The van der Waals surface area contributed by atoms with E-state index in [0.717, 1.165) is 6.42 Å². The maximum Gasteiger partial charge on any atom is 0.316 e. The zero-order valence-electron chi connectivity index (χ0n) is 12.5. The number of phenols is 1. The Morgan fingerprint density at radius 1 is 0.700 bits per heavy atom. The Kier molecular flexibility index (Phi) is 13.6. The zero-order chi connectivity index (χ0) is 13.8. The van der Waals surface area contributed by atoms with Crippen molar-refractivity contribution in [1.82, 2.24) is 0 Å². The van der Waals surface area contributed by atoms with Crippen molar-refractivity contribution in [3.8, 4) is 5.75 Å². The minimum absolute atomic E-state index is 0. The Morgan fingerprint density at radius 3 is 1.65 bits per heavy atom. The first-order chi connectivity index (χ1) is 9.33. The molecule has 1 nitrogen and oxygen atoms in total. The maximum absolute atomic E-state index is 9.20. The molecule has 0 spiro atoms. The van der Waals surface area contributed by atoms with Crippen molar-refractivity contribution in [1.29, 1.82) is 0 Å². The van der Waals surface area contributed by atoms with Crippen molar-refractivity contribution < 1.29 is 5.11 Å². The molecule has 0 amide bonds. The van der Waals surface area contributed by atoms with Crippen molar-refractivity contribution in [2.45, 2.75) is 77.6 Å². The van der Waals surface area contributed by atoms with Gasteiger partial charge in [0.2, 0.25) is 0 Å². The quantitative estimate of drug-likeness (QED) is 0.452. The van der Waals surface area contributed by atoms with Crippen molar-refractivity contribution in [3.63, 3.8) is 0 Å². The largest absolute Gasteiger partial charge is 0.508 e. The van der Waals surface area contributed by atoms with Gasteiger partial charge in [-0.25, -0.2) is 0 Å². The lowest BCUT2D eigenvalue weighted by Crippen LogP contribution is -1.86. The van der Waals surface area contributed by atoms with Crippen LogP contribution in [-0.4, -0.2) is 28.2 Å². The Hall–Kier alpha value is -0.214. The number of rotatable bonds is 11. The van der Waals surface area contributed by atoms with Crippen LogP contribution in [0.4, 0.5) is 0 Å². The highest BCUT2D eigenvalue weighted by Crippen LogP contribution is 2.14. The highest BCUT2D eigenvalue weighted by molar-refractivity contribution is 5.75. The SMILES string of the molecule is CCCCCCCCCCCCc1ccc(O)cc1.[MgH2]. The van der Waals surface area contributed by atoms with Crippen LogP contribution in [0.25, 0.3) is 0 Å². The maximum atomic E-state index is 9.20. The fourth-order valence-electron chi connectivity index (χ4n) is 2.48. The van der Waals surface area contributed by atoms with Gasteiger partial charge in [0.1, 0.15) is 5.75 Å². The Morgan fingerprint density at radius 2 is 1.15 bits per heavy atom. The van der Waals surface area contributed by atoms with E-state index in [1.807, 2.05) is 12.1 Å². The van der Waals surface area contributed by atoms with E-state index in [1.54, 1.807) is 12.1 Å². The Balaban J connectivity index is 0.00000361. The minimum atomic E-state index is 0. The van der Waals surface area contributed by atoms with Crippen LogP contribution in [-0.2, 0) is 6.42 Å². The summed E-state index contributed by atoms with van der Waals surface area (Å²) in [4.78, 5) is 0. The molecule has 0 saturated heterocycles. The summed E-state index contributed by atoms with van der Waals surface area (Å²) in [5, 5.41) is 9.20. The summed E-state index contributed by atoms with van der Waals surface area (Å²) in [6, 6.07) is 7.63. The fourth-order valence-corrected chi connectivity index (χ4v) is 2.48. The minimum Gasteiger partial charge on any atom is -0.508 e. The van der Waals surface area contributed by atoms with E-state index in [-0.39, 0.29) is 23.1 Å². The van der Waals surface area contributed by atoms with Crippen LogP contribution in [0.2, 0.25) is 0 Å². The molecule has 2 heteroatoms. The summed E-state index contributed by atoms with van der Waals surface area (Å²) >= 11 is 0. The highest BCUT2D eigenvalue weighted by atomic mass is 24.3. The molecule has 0 bridgehead atoms. The molecule has 0 atom stereocenters. The second kappa shape index (κ2) is 13.8. The smallest absolute Gasteiger partial charge is 0.316 e. The molecule has 112 valence electrons. The van der Waals surface area contributed by atoms with Crippen molar-refractivity contribution >= 4 is 23.1 Å². The summed E-state index contributed by atoms with van der Waals surface area (Å²) < 4.78 is 0. The van der Waals surface area contributed by atoms with Crippen LogP contribution in [0, 0.1) is 0 Å². The topological polar surface area (TPSA) is 20.2 Å². The molecule has 1 N–H and O–H groups in total. The lowest BCUT2D eigenvalue weighted by atomic mass is 10.0. The van der Waals surface area contributed by atoms with E-state index < -0.39 is 0 Å². The van der Waals surface area contributed by atoms with Crippen LogP contribution in [0.5, 0.6) is 5.75 Å². The van der Waals surface area contributed by atoms with Crippen molar-refractivity contribution in [2.24, 2.45) is 0 Å². The predicted molar refractivity (Wildman–Crippen MR) is 92.2 cm³/mol. The molecule has 1 aromatic carbocycles. The lowest BCUT2D eigenvalue weighted by molar-refractivity contribution is 0.475. The number of phenolic OH excluding ortho intramolecular Hbond substituents is 1. The average Bonchev–Trinajstić information content (AvgIpc) is 2.43. The third-order valence-electron chi connectivity index (χ3n) is 3.76. The number of benzene rings is 1. The molecular weight excluding hydrogens is 257 g/mol. The third-order valence-corrected chi connectivity index (χ3v) is 3.76. The summed E-state index contributed by atoms with van der Waals surface area (Å²) in [6.45, 7) is 2.27. The Labute approximate surface area is 141 Å². The van der Waals surface area contributed by atoms with Gasteiger partial charge in [-0.2, -0.15) is 0 Å². The van der Waals surface area contributed by atoms with Crippen LogP contribution < -0.4 is 0 Å². The molecular formula is C18H32MgO. The molecule has 0 aliphatic rings. The number of hydrogen-bond acceptors (Lipinski definition) is 1. The van der Waals surface area contributed by atoms with E-state index in [9.17, 15) is 5.11 Å². The second-order valence-electron chi connectivity index (χ2n) is 5.60. The molecule has 1 aromatic rings. The van der Waals surface area contributed by atoms with E-state index in [4.69, 9.17) is 0 Å². The molecule has 0 fully saturated rings. The van der Waals surface area contributed by atoms with Crippen LogP contribution in [0.1, 0.15) is 76.7 Å². The van der Waals surface area contributed by atoms with Gasteiger partial charge in [0.05, 0.1) is 0 Å². The fraction of sp³-hybridized carbons (Fsp3) is 0.667. The molecule has 20 heavy (non-hydrogen) atoms. The number of hydrogen-bond donors (Lipinski definition) is 1. The van der Waals surface area contributed by atoms with Gasteiger partial charge in [-0.1, -0.05) is 76.8 Å². The molecule has 0 radical (unpaired) electrons. The van der Waals surface area contributed by atoms with Gasteiger partial charge in [-0.3, -0.25) is 0 Å². The van der Waals surface area contributed by atoms with Gasteiger partial charge < -0.3 is 5.11 Å². The Bertz CT molecular complexity index is 308. The van der Waals surface area contributed by atoms with Gasteiger partial charge in [-0.05, 0) is 30.5 Å². The second-order valence-corrected chi connectivity index (χ2v) is 5.60. The predicted octanol–water partition coefficient (Wildman–Crippen LogP) is 4.94. The molecule has 0 unspecified atom stereocenters. The van der Waals surface area contributed by atoms with Gasteiger partial charge in [0.25, 0.3) is 0 Å². The first-order valence-corrected chi connectivity index (χ1v) is 8.11. The molecule has 0 aromatic heterocycles. The number of aryl methyl sites for hydroxylation is 1. The van der Waals surface area contributed by atoms with Crippen LogP contribution in [0.3, 0.4) is 0 Å². The lowest BCUT2D eigenvalue weighted by Gasteiger charge is -2.03. The molecule has 0 saturated carbocycles. The zero-order valence-corrected chi connectivity index (χ0v) is 12.5. The summed E-state index contributed by atoms with van der Waals surface area (Å²) in [5.41, 5.74) is 1.34. The van der Waals surface area contributed by atoms with E-state index in [2.05, 4.69) is 6.92 Å². The normalized spacial score (nSPS) is 10.2. The molecule has 0 heterocycles. The monoisotopic (exact) mass is 288 g/mol. The first-order valence-electron chi connectivity index (χ1n) is 8.11. The van der Waals surface area contributed by atoms with E-state index in [1.165, 1.54) is 69.8 Å². The van der Waals surface area contributed by atoms with Crippen LogP contribution >= 0.6 is 0 Å². The summed E-state index contributed by atoms with van der Waals surface area (Å²) in [5.74, 6) is 0.367. The van der Waals surface area contributed by atoms with E-state index in [0.29, 0.717) is 5.75 Å². The first kappa shape index (κ1) is 19.8. The molecule has 0 aliphatic carbocycles. The van der Waals surface area contributed by atoms with Crippen molar-refractivity contribution in [3.05, 3.63) is 29.8 Å². The van der Waals surface area contributed by atoms with Crippen molar-refractivity contribution in [2.75, 3.05) is 0 Å². The summed E-state index contributed by atoms with van der Waals surface area (Å²) in [7, 11) is 0.